The quantitative estimate of drug-likeness (QED) is 0.367. The first-order chi connectivity index (χ1) is 13.8. The molecular formula is C22H34N6. The van der Waals surface area contributed by atoms with Crippen LogP contribution in [-0.2, 0) is 0 Å². The van der Waals surface area contributed by atoms with E-state index in [1.807, 2.05) is 0 Å². The highest BCUT2D eigenvalue weighted by atomic mass is 15.4. The van der Waals surface area contributed by atoms with E-state index < -0.39 is 0 Å². The van der Waals surface area contributed by atoms with E-state index in [-0.39, 0.29) is 5.70 Å². The van der Waals surface area contributed by atoms with E-state index >= 15 is 0 Å². The molecule has 0 aromatic heterocycles. The average molecular weight is 383 g/mol. The first-order valence-electron chi connectivity index (χ1n) is 10.9. The van der Waals surface area contributed by atoms with Crippen LogP contribution in [-0.4, -0.2) is 85.0 Å². The Morgan fingerprint density at radius 1 is 0.893 bits per heavy atom. The van der Waals surface area contributed by atoms with Crippen molar-refractivity contribution in [1.29, 1.82) is 5.26 Å². The lowest BCUT2D eigenvalue weighted by atomic mass is 10.1. The fourth-order valence-electron chi connectivity index (χ4n) is 4.56. The molecule has 3 heterocycles. The molecule has 3 aliphatic heterocycles. The molecule has 0 saturated carbocycles. The smallest absolute Gasteiger partial charge is 0.300 e. The Bertz CT molecular complexity index is 618. The van der Waals surface area contributed by atoms with Crippen molar-refractivity contribution < 1.29 is 0 Å². The lowest BCUT2D eigenvalue weighted by Crippen LogP contribution is -2.33. The predicted octanol–water partition coefficient (Wildman–Crippen LogP) is 2.74. The van der Waals surface area contributed by atoms with Gasteiger partial charge in [0.05, 0.1) is 12.6 Å². The maximum Gasteiger partial charge on any atom is 0.300 e. The molecule has 6 nitrogen and oxygen atoms in total. The molecule has 0 aromatic carbocycles. The topological polar surface area (TPSA) is 41.1 Å². The third-order valence-corrected chi connectivity index (χ3v) is 6.06. The van der Waals surface area contributed by atoms with Gasteiger partial charge in [-0.2, -0.15) is 0 Å². The fraction of sp³-hybridized carbons (Fsp3) is 0.727. The van der Waals surface area contributed by atoms with Gasteiger partial charge in [-0.25, -0.2) is 10.1 Å². The van der Waals surface area contributed by atoms with Crippen LogP contribution in [0.3, 0.4) is 0 Å². The normalized spacial score (nSPS) is 22.9. The minimum absolute atomic E-state index is 0.261. The third kappa shape index (κ3) is 5.74. The number of allylic oxidation sites excluding steroid dienone is 1. The van der Waals surface area contributed by atoms with Gasteiger partial charge < -0.3 is 14.7 Å². The molecule has 0 N–H and O–H groups in total. The Kier molecular flexibility index (Phi) is 8.21. The van der Waals surface area contributed by atoms with E-state index in [0.717, 1.165) is 77.4 Å². The Morgan fingerprint density at radius 3 is 2.14 bits per heavy atom. The van der Waals surface area contributed by atoms with Gasteiger partial charge in [0, 0.05) is 45.8 Å². The molecule has 2 saturated heterocycles. The first kappa shape index (κ1) is 20.7. The summed E-state index contributed by atoms with van der Waals surface area (Å²) in [4.78, 5) is 13.1. The van der Waals surface area contributed by atoms with E-state index in [9.17, 15) is 5.26 Å². The van der Waals surface area contributed by atoms with Crippen molar-refractivity contribution in [3.05, 3.63) is 35.1 Å². The molecule has 2 fully saturated rings. The number of nitrogens with zero attached hydrogens (tertiary/aromatic N) is 6. The molecule has 6 heteroatoms. The van der Waals surface area contributed by atoms with Gasteiger partial charge >= 0.3 is 5.70 Å². The van der Waals surface area contributed by atoms with Crippen molar-refractivity contribution in [3.8, 4) is 6.07 Å². The standard InChI is InChI=1S/C22H34N6/c1-24-21(20-23)22-27(16-8-14-25-10-4-2-5-11-25)18-19-28(22)17-9-15-26-12-6-3-7-13-26/h2,4H,3,5-19H2/b22-21+. The highest BCUT2D eigenvalue weighted by Gasteiger charge is 2.28. The van der Waals surface area contributed by atoms with Crippen LogP contribution in [0, 0.1) is 17.9 Å². The highest BCUT2D eigenvalue weighted by Crippen LogP contribution is 2.24. The largest absolute Gasteiger partial charge is 0.365 e. The van der Waals surface area contributed by atoms with Crippen LogP contribution >= 0.6 is 0 Å². The van der Waals surface area contributed by atoms with Gasteiger partial charge in [-0.15, -0.1) is 0 Å². The summed E-state index contributed by atoms with van der Waals surface area (Å²) in [6.07, 6.45) is 11.9. The number of piperidine rings is 1. The number of nitriles is 1. The summed E-state index contributed by atoms with van der Waals surface area (Å²) in [7, 11) is 0. The molecule has 0 aromatic rings. The second-order valence-corrected chi connectivity index (χ2v) is 8.04. The summed E-state index contributed by atoms with van der Waals surface area (Å²) in [6.45, 7) is 18.1. The van der Waals surface area contributed by atoms with Crippen molar-refractivity contribution in [3.63, 3.8) is 0 Å². The highest BCUT2D eigenvalue weighted by molar-refractivity contribution is 5.33. The number of hydrogen-bond acceptors (Lipinski definition) is 5. The van der Waals surface area contributed by atoms with Gasteiger partial charge in [0.25, 0.3) is 0 Å². The van der Waals surface area contributed by atoms with Gasteiger partial charge in [-0.3, -0.25) is 4.90 Å². The van der Waals surface area contributed by atoms with Crippen molar-refractivity contribution in [2.45, 2.75) is 38.5 Å². The van der Waals surface area contributed by atoms with Crippen molar-refractivity contribution in [2.24, 2.45) is 0 Å². The first-order valence-corrected chi connectivity index (χ1v) is 10.9. The second-order valence-electron chi connectivity index (χ2n) is 8.04. The molecule has 0 radical (unpaired) electrons. The van der Waals surface area contributed by atoms with Gasteiger partial charge in [-0.05, 0) is 51.7 Å². The molecule has 0 unspecified atom stereocenters. The van der Waals surface area contributed by atoms with Crippen molar-refractivity contribution in [1.82, 2.24) is 19.6 Å². The van der Waals surface area contributed by atoms with Crippen LogP contribution in [0.4, 0.5) is 0 Å². The molecule has 3 aliphatic rings. The number of rotatable bonds is 8. The summed E-state index contributed by atoms with van der Waals surface area (Å²) >= 11 is 0. The SMILES string of the molecule is [C-]#[N+]/C(C#N)=C1\N(CCCN2CC=CCC2)CCN1CCCN1CCCCC1. The molecule has 28 heavy (non-hydrogen) atoms. The number of hydrogen-bond donors (Lipinski definition) is 0. The van der Waals surface area contributed by atoms with E-state index in [0.29, 0.717) is 0 Å². The van der Waals surface area contributed by atoms with Gasteiger partial charge in [-0.1, -0.05) is 18.6 Å². The van der Waals surface area contributed by atoms with Crippen LogP contribution in [0.15, 0.2) is 23.7 Å². The molecule has 0 aliphatic carbocycles. The lowest BCUT2D eigenvalue weighted by Gasteiger charge is -2.29. The molecule has 152 valence electrons. The van der Waals surface area contributed by atoms with Gasteiger partial charge in [0.1, 0.15) is 5.82 Å². The summed E-state index contributed by atoms with van der Waals surface area (Å²) < 4.78 is 0. The summed E-state index contributed by atoms with van der Waals surface area (Å²) in [5.74, 6) is 0.884. The zero-order chi connectivity index (χ0) is 19.6. The zero-order valence-electron chi connectivity index (χ0n) is 17.2. The summed E-state index contributed by atoms with van der Waals surface area (Å²) in [5.41, 5.74) is 0.261. The van der Waals surface area contributed by atoms with Crippen molar-refractivity contribution >= 4 is 0 Å². The maximum atomic E-state index is 9.48. The second kappa shape index (κ2) is 11.1. The van der Waals surface area contributed by atoms with Crippen LogP contribution in [0.2, 0.25) is 0 Å². The average Bonchev–Trinajstić information content (AvgIpc) is 3.13. The molecule has 3 rings (SSSR count). The minimum atomic E-state index is 0.261. The number of likely N-dealkylation sites (tertiary alicyclic amines) is 1. The molecular weight excluding hydrogens is 348 g/mol. The van der Waals surface area contributed by atoms with E-state index in [1.54, 1.807) is 0 Å². The Balaban J connectivity index is 1.51. The minimum Gasteiger partial charge on any atom is -0.365 e. The Labute approximate surface area is 170 Å². The zero-order valence-corrected chi connectivity index (χ0v) is 17.2. The van der Waals surface area contributed by atoms with E-state index in [2.05, 4.69) is 42.7 Å². The predicted molar refractivity (Wildman–Crippen MR) is 112 cm³/mol. The molecule has 0 atom stereocenters. The third-order valence-electron chi connectivity index (χ3n) is 6.06. The van der Waals surface area contributed by atoms with Crippen LogP contribution in [0.1, 0.15) is 38.5 Å². The Hall–Kier alpha value is -2.02. The fourth-order valence-corrected chi connectivity index (χ4v) is 4.56. The van der Waals surface area contributed by atoms with E-state index in [1.165, 1.54) is 32.4 Å². The van der Waals surface area contributed by atoms with Crippen LogP contribution in [0.25, 0.3) is 4.85 Å². The monoisotopic (exact) mass is 382 g/mol. The van der Waals surface area contributed by atoms with Crippen LogP contribution in [0.5, 0.6) is 0 Å². The van der Waals surface area contributed by atoms with Crippen LogP contribution < -0.4 is 0 Å². The summed E-state index contributed by atoms with van der Waals surface area (Å²) in [5, 5.41) is 9.48. The summed E-state index contributed by atoms with van der Waals surface area (Å²) in [6, 6.07) is 2.15. The van der Waals surface area contributed by atoms with Gasteiger partial charge in [0.2, 0.25) is 0 Å². The lowest BCUT2D eigenvalue weighted by molar-refractivity contribution is 0.214. The maximum absolute atomic E-state index is 9.48. The molecule has 0 spiro atoms. The Morgan fingerprint density at radius 2 is 1.57 bits per heavy atom. The van der Waals surface area contributed by atoms with Gasteiger partial charge in [0.15, 0.2) is 0 Å². The van der Waals surface area contributed by atoms with E-state index in [4.69, 9.17) is 6.57 Å². The molecule has 0 amide bonds. The molecule has 0 bridgehead atoms. The van der Waals surface area contributed by atoms with Crippen molar-refractivity contribution in [2.75, 3.05) is 65.4 Å².